The van der Waals surface area contributed by atoms with Gasteiger partial charge in [0.25, 0.3) is 0 Å². The van der Waals surface area contributed by atoms with Gasteiger partial charge >= 0.3 is 5.97 Å². The molecule has 0 amide bonds. The molecule has 0 radical (unpaired) electrons. The molecule has 142 valence electrons. The van der Waals surface area contributed by atoms with Gasteiger partial charge in [0.05, 0.1) is 23.7 Å². The van der Waals surface area contributed by atoms with Gasteiger partial charge in [-0.05, 0) is 57.9 Å². The van der Waals surface area contributed by atoms with Gasteiger partial charge < -0.3 is 14.5 Å². The molecule has 4 rings (SSSR count). The fourth-order valence-electron chi connectivity index (χ4n) is 4.47. The van der Waals surface area contributed by atoms with Crippen molar-refractivity contribution in [3.63, 3.8) is 0 Å². The van der Waals surface area contributed by atoms with Gasteiger partial charge in [-0.25, -0.2) is 4.79 Å². The predicted molar refractivity (Wildman–Crippen MR) is 103 cm³/mol. The summed E-state index contributed by atoms with van der Waals surface area (Å²) in [4.78, 5) is 16.0. The molecular formula is C22H26N2O3. The van der Waals surface area contributed by atoms with Crippen LogP contribution in [0.1, 0.15) is 74.0 Å². The molecule has 2 aliphatic rings. The van der Waals surface area contributed by atoms with Crippen molar-refractivity contribution in [3.8, 4) is 6.07 Å². The first-order valence-electron chi connectivity index (χ1n) is 9.78. The number of benzene rings is 1. The maximum absolute atomic E-state index is 12.6. The summed E-state index contributed by atoms with van der Waals surface area (Å²) in [6, 6.07) is 8.65. The minimum Gasteiger partial charge on any atom is -0.461 e. The molecule has 2 heterocycles. The van der Waals surface area contributed by atoms with E-state index in [1.807, 2.05) is 12.1 Å². The predicted octanol–water partition coefficient (Wildman–Crippen LogP) is 4.57. The lowest BCUT2D eigenvalue weighted by molar-refractivity contribution is -0.0591. The Kier molecular flexibility index (Phi) is 4.27. The Balaban J connectivity index is 1.88. The number of hydrogen-bond acceptors (Lipinski definition) is 4. The van der Waals surface area contributed by atoms with Gasteiger partial charge in [-0.1, -0.05) is 18.2 Å². The zero-order valence-corrected chi connectivity index (χ0v) is 16.2. The Morgan fingerprint density at radius 3 is 2.81 bits per heavy atom. The lowest BCUT2D eigenvalue weighted by Crippen LogP contribution is -2.33. The second-order valence-corrected chi connectivity index (χ2v) is 8.36. The van der Waals surface area contributed by atoms with Crippen LogP contribution in [0, 0.1) is 11.3 Å². The number of fused-ring (bicyclic) bond motifs is 1. The Bertz CT molecular complexity index is 931. The van der Waals surface area contributed by atoms with Crippen molar-refractivity contribution in [2.24, 2.45) is 0 Å². The SMILES string of the molecule is CCOC(=O)c1[nH]c2c([C@H]3CCOC(C)(C)C3)cccc2c1C1(C#N)CC1. The molecule has 0 bridgehead atoms. The molecule has 1 saturated heterocycles. The highest BCUT2D eigenvalue weighted by molar-refractivity contribution is 6.01. The summed E-state index contributed by atoms with van der Waals surface area (Å²) in [5, 5.41) is 10.8. The molecule has 1 aliphatic heterocycles. The molecular weight excluding hydrogens is 340 g/mol. The van der Waals surface area contributed by atoms with Crippen molar-refractivity contribution in [1.29, 1.82) is 5.26 Å². The summed E-state index contributed by atoms with van der Waals surface area (Å²) in [5.74, 6) is -0.0142. The monoisotopic (exact) mass is 366 g/mol. The zero-order chi connectivity index (χ0) is 19.2. The van der Waals surface area contributed by atoms with Crippen LogP contribution in [0.4, 0.5) is 0 Å². The molecule has 0 spiro atoms. The van der Waals surface area contributed by atoms with E-state index in [2.05, 4.69) is 31.0 Å². The maximum atomic E-state index is 12.6. The number of para-hydroxylation sites is 1. The number of aromatic nitrogens is 1. The molecule has 5 heteroatoms. The van der Waals surface area contributed by atoms with E-state index in [1.165, 1.54) is 5.56 Å². The van der Waals surface area contributed by atoms with Crippen molar-refractivity contribution in [2.45, 2.75) is 63.4 Å². The van der Waals surface area contributed by atoms with E-state index in [1.54, 1.807) is 6.92 Å². The average molecular weight is 366 g/mol. The van der Waals surface area contributed by atoms with E-state index in [-0.39, 0.29) is 11.6 Å². The van der Waals surface area contributed by atoms with Gasteiger partial charge in [0.1, 0.15) is 5.69 Å². The van der Waals surface area contributed by atoms with Crippen LogP contribution >= 0.6 is 0 Å². The van der Waals surface area contributed by atoms with Crippen LogP contribution in [0.15, 0.2) is 18.2 Å². The molecule has 27 heavy (non-hydrogen) atoms. The Labute approximate surface area is 159 Å². The van der Waals surface area contributed by atoms with Gasteiger partial charge in [0, 0.05) is 23.1 Å². The summed E-state index contributed by atoms with van der Waals surface area (Å²) < 4.78 is 11.2. The highest BCUT2D eigenvalue weighted by Gasteiger charge is 2.49. The molecule has 1 N–H and O–H groups in total. The minimum absolute atomic E-state index is 0.158. The molecule has 2 fully saturated rings. The third-order valence-corrected chi connectivity index (χ3v) is 5.93. The number of H-pyrrole nitrogens is 1. The van der Waals surface area contributed by atoms with Gasteiger partial charge in [0.2, 0.25) is 0 Å². The number of carbonyl (C=O) groups is 1. The molecule has 5 nitrogen and oxygen atoms in total. The fourth-order valence-corrected chi connectivity index (χ4v) is 4.47. The van der Waals surface area contributed by atoms with E-state index in [9.17, 15) is 10.1 Å². The number of esters is 1. The van der Waals surface area contributed by atoms with Crippen molar-refractivity contribution >= 4 is 16.9 Å². The highest BCUT2D eigenvalue weighted by Crippen LogP contribution is 2.52. The summed E-state index contributed by atoms with van der Waals surface area (Å²) in [7, 11) is 0. The zero-order valence-electron chi connectivity index (χ0n) is 16.2. The van der Waals surface area contributed by atoms with E-state index < -0.39 is 5.41 Å². The van der Waals surface area contributed by atoms with E-state index in [4.69, 9.17) is 9.47 Å². The first kappa shape index (κ1) is 18.1. The first-order chi connectivity index (χ1) is 12.9. The molecule has 1 aliphatic carbocycles. The number of rotatable bonds is 4. The van der Waals surface area contributed by atoms with Crippen molar-refractivity contribution in [2.75, 3.05) is 13.2 Å². The number of ether oxygens (including phenoxy) is 2. The molecule has 1 atom stereocenters. The summed E-state index contributed by atoms with van der Waals surface area (Å²) in [6.45, 7) is 7.09. The van der Waals surface area contributed by atoms with Crippen molar-refractivity contribution in [3.05, 3.63) is 35.0 Å². The van der Waals surface area contributed by atoms with Crippen LogP contribution in [-0.4, -0.2) is 29.8 Å². The van der Waals surface area contributed by atoms with Crippen molar-refractivity contribution < 1.29 is 14.3 Å². The number of carbonyl (C=O) groups excluding carboxylic acids is 1. The van der Waals surface area contributed by atoms with Crippen LogP contribution < -0.4 is 0 Å². The second kappa shape index (κ2) is 6.38. The molecule has 1 saturated carbocycles. The minimum atomic E-state index is -0.562. The number of hydrogen-bond donors (Lipinski definition) is 1. The van der Waals surface area contributed by atoms with Crippen LogP contribution in [-0.2, 0) is 14.9 Å². The number of nitrogens with zero attached hydrogens (tertiary/aromatic N) is 1. The van der Waals surface area contributed by atoms with Gasteiger partial charge in [-0.3, -0.25) is 0 Å². The molecule has 2 aromatic rings. The van der Waals surface area contributed by atoms with Crippen LogP contribution in [0.5, 0.6) is 0 Å². The second-order valence-electron chi connectivity index (χ2n) is 8.36. The quantitative estimate of drug-likeness (QED) is 0.804. The topological polar surface area (TPSA) is 75.1 Å². The smallest absolute Gasteiger partial charge is 0.355 e. The number of nitrogens with one attached hydrogen (secondary N) is 1. The summed E-state index contributed by atoms with van der Waals surface area (Å²) in [5.41, 5.74) is 2.73. The Morgan fingerprint density at radius 2 is 2.19 bits per heavy atom. The van der Waals surface area contributed by atoms with Gasteiger partial charge in [-0.2, -0.15) is 5.26 Å². The third kappa shape index (κ3) is 3.02. The number of nitriles is 1. The lowest BCUT2D eigenvalue weighted by atomic mass is 9.82. The third-order valence-electron chi connectivity index (χ3n) is 5.93. The van der Waals surface area contributed by atoms with Crippen LogP contribution in [0.3, 0.4) is 0 Å². The average Bonchev–Trinajstić information content (AvgIpc) is 3.32. The standard InChI is InChI=1S/C22H26N2O3/c1-4-26-20(25)19-17(22(13-23)9-10-22)16-7-5-6-15(18(16)24-19)14-8-11-27-21(2,3)12-14/h5-7,14,24H,4,8-12H2,1-3H3/t14-/m0/s1. The Morgan fingerprint density at radius 1 is 1.41 bits per heavy atom. The first-order valence-corrected chi connectivity index (χ1v) is 9.78. The molecule has 0 unspecified atom stereocenters. The number of aromatic amines is 1. The normalized spacial score (nSPS) is 23.0. The Hall–Kier alpha value is -2.32. The highest BCUT2D eigenvalue weighted by atomic mass is 16.5. The van der Waals surface area contributed by atoms with E-state index >= 15 is 0 Å². The fraction of sp³-hybridized carbons (Fsp3) is 0.545. The van der Waals surface area contributed by atoms with Gasteiger partial charge in [-0.15, -0.1) is 0 Å². The van der Waals surface area contributed by atoms with Crippen molar-refractivity contribution in [1.82, 2.24) is 4.98 Å². The summed E-state index contributed by atoms with van der Waals surface area (Å²) in [6.07, 6.45) is 3.46. The van der Waals surface area contributed by atoms with Crippen LogP contribution in [0.25, 0.3) is 10.9 Å². The lowest BCUT2D eigenvalue weighted by Gasteiger charge is -2.36. The van der Waals surface area contributed by atoms with E-state index in [0.717, 1.165) is 48.8 Å². The maximum Gasteiger partial charge on any atom is 0.355 e. The molecule has 1 aromatic carbocycles. The summed E-state index contributed by atoms with van der Waals surface area (Å²) >= 11 is 0. The van der Waals surface area contributed by atoms with Gasteiger partial charge in [0.15, 0.2) is 0 Å². The van der Waals surface area contributed by atoms with Crippen LogP contribution in [0.2, 0.25) is 0 Å². The molecule has 1 aromatic heterocycles. The largest absolute Gasteiger partial charge is 0.461 e. The van der Waals surface area contributed by atoms with E-state index in [0.29, 0.717) is 18.2 Å².